The molecule has 0 atom stereocenters. The van der Waals surface area contributed by atoms with Gasteiger partial charge >= 0.3 is 0 Å². The molecule has 0 spiro atoms. The largest absolute Gasteiger partial charge is 0.459 e. The Bertz CT molecular complexity index is 2200. The number of hydrogen-bond acceptors (Lipinski definition) is 3. The predicted octanol–water partition coefficient (Wildman–Crippen LogP) is 9.44. The molecule has 0 saturated carbocycles. The molecule has 7 aromatic rings. The summed E-state index contributed by atoms with van der Waals surface area (Å²) in [6.45, 7) is 13.9. The molecule has 0 saturated heterocycles. The van der Waals surface area contributed by atoms with Crippen LogP contribution in [0.5, 0.6) is 11.5 Å². The lowest BCUT2D eigenvalue weighted by atomic mass is 10.1. The average molecular weight is 564 g/mol. The molecule has 6 nitrogen and oxygen atoms in total. The molecule has 43 heavy (non-hydrogen) atoms. The molecule has 0 aliphatic heterocycles. The number of nitrogens with zero attached hydrogens (tertiary/aromatic N) is 5. The van der Waals surface area contributed by atoms with Crippen molar-refractivity contribution in [1.29, 1.82) is 0 Å². The maximum Gasteiger partial charge on any atom is 0.191 e. The molecular weight excluding hydrogens is 537 g/mol. The molecule has 4 aromatic carbocycles. The molecule has 7 heteroatoms. The van der Waals surface area contributed by atoms with Crippen molar-refractivity contribution in [2.24, 2.45) is 0 Å². The SMILES string of the molecule is [C-]#[N+]c1cc(Oc2ccc3c4cc(F)ccc4n(-c4ccc(C)cn4)c3c2)cc(-c2nccn2-c2c(C)cccc2C)c1. The van der Waals surface area contributed by atoms with E-state index in [4.69, 9.17) is 11.3 Å². The Kier molecular flexibility index (Phi) is 6.25. The molecular formula is C36H26FN5O. The van der Waals surface area contributed by atoms with Gasteiger partial charge in [-0.05, 0) is 92.1 Å². The number of ether oxygens (including phenoxy) is 1. The van der Waals surface area contributed by atoms with E-state index < -0.39 is 0 Å². The van der Waals surface area contributed by atoms with Gasteiger partial charge < -0.3 is 4.74 Å². The molecule has 0 amide bonds. The van der Waals surface area contributed by atoms with E-state index in [-0.39, 0.29) is 5.82 Å². The molecule has 0 fully saturated rings. The van der Waals surface area contributed by atoms with E-state index in [0.717, 1.165) is 61.4 Å². The molecule has 208 valence electrons. The number of aryl methyl sites for hydroxylation is 3. The Hall–Kier alpha value is -5.74. The summed E-state index contributed by atoms with van der Waals surface area (Å²) >= 11 is 0. The third kappa shape index (κ3) is 4.59. The highest BCUT2D eigenvalue weighted by atomic mass is 19.1. The summed E-state index contributed by atoms with van der Waals surface area (Å²) in [6, 6.07) is 26.1. The van der Waals surface area contributed by atoms with Gasteiger partial charge in [-0.3, -0.25) is 9.13 Å². The monoisotopic (exact) mass is 563 g/mol. The van der Waals surface area contributed by atoms with E-state index in [9.17, 15) is 4.39 Å². The van der Waals surface area contributed by atoms with E-state index >= 15 is 0 Å². The van der Waals surface area contributed by atoms with Crippen LogP contribution < -0.4 is 4.74 Å². The van der Waals surface area contributed by atoms with Crippen molar-refractivity contribution in [3.05, 3.63) is 137 Å². The Morgan fingerprint density at radius 2 is 1.63 bits per heavy atom. The number of rotatable bonds is 5. The van der Waals surface area contributed by atoms with Gasteiger partial charge in [-0.1, -0.05) is 24.3 Å². The van der Waals surface area contributed by atoms with Gasteiger partial charge in [0.25, 0.3) is 0 Å². The van der Waals surface area contributed by atoms with Crippen molar-refractivity contribution >= 4 is 27.5 Å². The van der Waals surface area contributed by atoms with Crippen LogP contribution >= 0.6 is 0 Å². The Labute approximate surface area is 248 Å². The van der Waals surface area contributed by atoms with Gasteiger partial charge in [0.05, 0.1) is 23.3 Å². The van der Waals surface area contributed by atoms with Crippen molar-refractivity contribution in [2.45, 2.75) is 20.8 Å². The fourth-order valence-electron chi connectivity index (χ4n) is 5.73. The summed E-state index contributed by atoms with van der Waals surface area (Å²) in [5.74, 6) is 2.24. The summed E-state index contributed by atoms with van der Waals surface area (Å²) in [6.07, 6.45) is 5.52. The third-order valence-corrected chi connectivity index (χ3v) is 7.66. The van der Waals surface area contributed by atoms with Crippen molar-refractivity contribution in [3.63, 3.8) is 0 Å². The predicted molar refractivity (Wildman–Crippen MR) is 168 cm³/mol. The molecule has 0 radical (unpaired) electrons. The second-order valence-corrected chi connectivity index (χ2v) is 10.7. The summed E-state index contributed by atoms with van der Waals surface area (Å²) in [5, 5.41) is 1.68. The quantitative estimate of drug-likeness (QED) is 0.196. The van der Waals surface area contributed by atoms with E-state index in [2.05, 4.69) is 45.4 Å². The van der Waals surface area contributed by atoms with Gasteiger partial charge in [0, 0.05) is 41.0 Å². The van der Waals surface area contributed by atoms with Crippen LogP contribution in [0.1, 0.15) is 16.7 Å². The van der Waals surface area contributed by atoms with Crippen LogP contribution in [0.2, 0.25) is 0 Å². The zero-order valence-electron chi connectivity index (χ0n) is 23.8. The fraction of sp³-hybridized carbons (Fsp3) is 0.0833. The van der Waals surface area contributed by atoms with Crippen molar-refractivity contribution in [3.8, 4) is 34.4 Å². The van der Waals surface area contributed by atoms with Gasteiger partial charge in [0.2, 0.25) is 0 Å². The molecule has 3 aromatic heterocycles. The number of para-hydroxylation sites is 1. The number of halogens is 1. The number of fused-ring (bicyclic) bond motifs is 3. The standard InChI is InChI=1S/C36H26FN5O/c1-22-8-13-34(40-21-22)42-32-12-9-26(37)18-31(32)30-11-10-28(20-33(30)42)43-29-17-25(16-27(19-29)38-4)36-39-14-15-41(36)35-23(2)6-5-7-24(35)3/h5-21H,1-3H3. The maximum absolute atomic E-state index is 14.3. The summed E-state index contributed by atoms with van der Waals surface area (Å²) in [4.78, 5) is 13.0. The average Bonchev–Trinajstić information content (AvgIpc) is 3.60. The van der Waals surface area contributed by atoms with Crippen LogP contribution in [0.3, 0.4) is 0 Å². The van der Waals surface area contributed by atoms with Gasteiger partial charge in [0.1, 0.15) is 29.0 Å². The second kappa shape index (κ2) is 10.3. The number of hydrogen-bond donors (Lipinski definition) is 0. The Morgan fingerprint density at radius 1 is 0.791 bits per heavy atom. The van der Waals surface area contributed by atoms with Crippen LogP contribution in [-0.4, -0.2) is 19.1 Å². The van der Waals surface area contributed by atoms with Crippen molar-refractivity contribution < 1.29 is 9.13 Å². The summed E-state index contributed by atoms with van der Waals surface area (Å²) < 4.78 is 24.8. The normalized spacial score (nSPS) is 11.2. The highest BCUT2D eigenvalue weighted by Crippen LogP contribution is 2.37. The lowest BCUT2D eigenvalue weighted by Crippen LogP contribution is -2.01. The minimum absolute atomic E-state index is 0.300. The molecule has 0 aliphatic rings. The minimum atomic E-state index is -0.300. The van der Waals surface area contributed by atoms with E-state index in [1.54, 1.807) is 24.4 Å². The van der Waals surface area contributed by atoms with Crippen molar-refractivity contribution in [2.75, 3.05) is 0 Å². The molecule has 0 unspecified atom stereocenters. The first-order valence-electron chi connectivity index (χ1n) is 13.9. The van der Waals surface area contributed by atoms with Crippen LogP contribution in [0.4, 0.5) is 10.1 Å². The van der Waals surface area contributed by atoms with Gasteiger partial charge in [-0.15, -0.1) is 0 Å². The first-order chi connectivity index (χ1) is 20.9. The smallest absolute Gasteiger partial charge is 0.191 e. The number of imidazole rings is 1. The maximum atomic E-state index is 14.3. The highest BCUT2D eigenvalue weighted by Gasteiger charge is 2.17. The minimum Gasteiger partial charge on any atom is -0.459 e. The first kappa shape index (κ1) is 26.2. The van der Waals surface area contributed by atoms with Crippen LogP contribution in [0.25, 0.3) is 49.5 Å². The van der Waals surface area contributed by atoms with E-state index in [1.165, 1.54) is 6.07 Å². The fourth-order valence-corrected chi connectivity index (χ4v) is 5.73. The zero-order valence-corrected chi connectivity index (χ0v) is 23.8. The van der Waals surface area contributed by atoms with E-state index in [1.807, 2.05) is 72.4 Å². The second-order valence-electron chi connectivity index (χ2n) is 10.7. The molecule has 3 heterocycles. The lowest BCUT2D eigenvalue weighted by Gasteiger charge is -2.15. The zero-order chi connectivity index (χ0) is 29.7. The lowest BCUT2D eigenvalue weighted by molar-refractivity contribution is 0.484. The Morgan fingerprint density at radius 3 is 2.40 bits per heavy atom. The molecule has 7 rings (SSSR count). The molecule has 0 bridgehead atoms. The topological polar surface area (TPSA) is 49.2 Å². The van der Waals surface area contributed by atoms with Crippen LogP contribution in [-0.2, 0) is 0 Å². The summed E-state index contributed by atoms with van der Waals surface area (Å²) in [7, 11) is 0. The van der Waals surface area contributed by atoms with Crippen LogP contribution in [0, 0.1) is 33.2 Å². The van der Waals surface area contributed by atoms with Crippen LogP contribution in [0.15, 0.2) is 104 Å². The Balaban J connectivity index is 1.34. The molecule has 0 aliphatic carbocycles. The van der Waals surface area contributed by atoms with Crippen molar-refractivity contribution in [1.82, 2.24) is 19.1 Å². The van der Waals surface area contributed by atoms with Gasteiger partial charge in [-0.2, -0.15) is 0 Å². The van der Waals surface area contributed by atoms with E-state index in [0.29, 0.717) is 17.2 Å². The van der Waals surface area contributed by atoms with Gasteiger partial charge in [-0.25, -0.2) is 19.2 Å². The number of benzene rings is 4. The first-order valence-corrected chi connectivity index (χ1v) is 13.9. The highest BCUT2D eigenvalue weighted by molar-refractivity contribution is 6.09. The summed E-state index contributed by atoms with van der Waals surface area (Å²) in [5.41, 5.74) is 7.26. The number of aromatic nitrogens is 4. The van der Waals surface area contributed by atoms with Gasteiger partial charge in [0.15, 0.2) is 5.69 Å². The third-order valence-electron chi connectivity index (χ3n) is 7.66. The number of pyridine rings is 1. The molecule has 0 N–H and O–H groups in total.